The van der Waals surface area contributed by atoms with Gasteiger partial charge in [-0.25, -0.2) is 4.68 Å². The first-order valence-corrected chi connectivity index (χ1v) is 5.07. The van der Waals surface area contributed by atoms with Crippen LogP contribution in [0.5, 0.6) is 0 Å². The molecule has 0 atom stereocenters. The number of nitrogens with zero attached hydrogens (tertiary/aromatic N) is 2. The van der Waals surface area contributed by atoms with E-state index in [0.29, 0.717) is 6.54 Å². The molecule has 0 aliphatic heterocycles. The SMILES string of the molecule is O=c1cc(I)cnn1Cc1ccoc1. The van der Waals surface area contributed by atoms with Crippen molar-refractivity contribution >= 4 is 22.6 Å². The van der Waals surface area contributed by atoms with E-state index in [1.807, 2.05) is 6.07 Å². The van der Waals surface area contributed by atoms with Crippen LogP contribution in [0.1, 0.15) is 5.56 Å². The molecule has 5 heteroatoms. The summed E-state index contributed by atoms with van der Waals surface area (Å²) >= 11 is 2.06. The Balaban J connectivity index is 2.30. The second-order valence-electron chi connectivity index (χ2n) is 2.80. The highest BCUT2D eigenvalue weighted by atomic mass is 127. The van der Waals surface area contributed by atoms with Crippen molar-refractivity contribution in [1.29, 1.82) is 0 Å². The number of rotatable bonds is 2. The highest BCUT2D eigenvalue weighted by Gasteiger charge is 2.00. The minimum atomic E-state index is -0.0990. The van der Waals surface area contributed by atoms with Gasteiger partial charge in [0.1, 0.15) is 0 Å². The highest BCUT2D eigenvalue weighted by Crippen LogP contribution is 2.01. The molecule has 2 aromatic rings. The van der Waals surface area contributed by atoms with Gasteiger partial charge in [-0.2, -0.15) is 5.10 Å². The maximum absolute atomic E-state index is 11.4. The normalized spacial score (nSPS) is 10.4. The van der Waals surface area contributed by atoms with E-state index in [4.69, 9.17) is 4.42 Å². The molecule has 0 spiro atoms. The molecule has 2 aromatic heterocycles. The summed E-state index contributed by atoms with van der Waals surface area (Å²) in [4.78, 5) is 11.4. The summed E-state index contributed by atoms with van der Waals surface area (Å²) in [6.07, 6.45) is 4.83. The molecular weight excluding hydrogens is 295 g/mol. The summed E-state index contributed by atoms with van der Waals surface area (Å²) in [5.74, 6) is 0. The van der Waals surface area contributed by atoms with Gasteiger partial charge >= 0.3 is 0 Å². The Labute approximate surface area is 93.7 Å². The van der Waals surface area contributed by atoms with Crippen LogP contribution in [0.3, 0.4) is 0 Å². The first-order chi connectivity index (χ1) is 6.75. The summed E-state index contributed by atoms with van der Waals surface area (Å²) in [6, 6.07) is 3.36. The Kier molecular flexibility index (Phi) is 2.67. The molecule has 0 aromatic carbocycles. The second kappa shape index (κ2) is 3.95. The third-order valence-electron chi connectivity index (χ3n) is 1.75. The lowest BCUT2D eigenvalue weighted by Gasteiger charge is -2.00. The van der Waals surface area contributed by atoms with Crippen LogP contribution >= 0.6 is 22.6 Å². The molecule has 2 rings (SSSR count). The minimum absolute atomic E-state index is 0.0990. The number of halogens is 1. The van der Waals surface area contributed by atoms with Crippen LogP contribution < -0.4 is 5.56 Å². The largest absolute Gasteiger partial charge is 0.472 e. The van der Waals surface area contributed by atoms with Gasteiger partial charge in [0.2, 0.25) is 0 Å². The fraction of sp³-hybridized carbons (Fsp3) is 0.111. The van der Waals surface area contributed by atoms with Crippen LogP contribution in [0, 0.1) is 3.57 Å². The van der Waals surface area contributed by atoms with Gasteiger partial charge in [-0.3, -0.25) is 4.79 Å². The average molecular weight is 302 g/mol. The molecular formula is C9H7IN2O2. The fourth-order valence-corrected chi connectivity index (χ4v) is 1.48. The molecule has 0 saturated heterocycles. The van der Waals surface area contributed by atoms with Crippen LogP contribution in [0.4, 0.5) is 0 Å². The summed E-state index contributed by atoms with van der Waals surface area (Å²) in [5.41, 5.74) is 0.832. The summed E-state index contributed by atoms with van der Waals surface area (Å²) in [7, 11) is 0. The predicted octanol–water partition coefficient (Wildman–Crippen LogP) is 1.49. The Morgan fingerprint density at radius 1 is 1.57 bits per heavy atom. The maximum Gasteiger partial charge on any atom is 0.268 e. The zero-order valence-electron chi connectivity index (χ0n) is 7.18. The Hall–Kier alpha value is -1.11. The first kappa shape index (κ1) is 9.45. The van der Waals surface area contributed by atoms with Gasteiger partial charge in [0.05, 0.1) is 25.3 Å². The summed E-state index contributed by atoms with van der Waals surface area (Å²) in [5, 5.41) is 4.01. The Morgan fingerprint density at radius 3 is 3.07 bits per heavy atom. The van der Waals surface area contributed by atoms with Gasteiger partial charge in [0, 0.05) is 15.2 Å². The van der Waals surface area contributed by atoms with Gasteiger partial charge in [-0.1, -0.05) is 0 Å². The van der Waals surface area contributed by atoms with Crippen LogP contribution in [-0.2, 0) is 6.54 Å². The number of hydrogen-bond donors (Lipinski definition) is 0. The maximum atomic E-state index is 11.4. The van der Waals surface area contributed by atoms with Crippen molar-refractivity contribution in [1.82, 2.24) is 9.78 Å². The molecule has 0 saturated carbocycles. The molecule has 0 aliphatic carbocycles. The third kappa shape index (κ3) is 2.03. The fourth-order valence-electron chi connectivity index (χ4n) is 1.09. The third-order valence-corrected chi connectivity index (χ3v) is 2.34. The first-order valence-electron chi connectivity index (χ1n) is 3.99. The molecule has 0 N–H and O–H groups in total. The molecule has 14 heavy (non-hydrogen) atoms. The van der Waals surface area contributed by atoms with Crippen molar-refractivity contribution in [2.75, 3.05) is 0 Å². The molecule has 72 valence electrons. The molecule has 4 nitrogen and oxygen atoms in total. The van der Waals surface area contributed by atoms with Crippen molar-refractivity contribution in [3.05, 3.63) is 50.3 Å². The lowest BCUT2D eigenvalue weighted by molar-refractivity contribution is 0.557. The topological polar surface area (TPSA) is 48.0 Å². The lowest BCUT2D eigenvalue weighted by atomic mass is 10.3. The van der Waals surface area contributed by atoms with Crippen LogP contribution in [0.2, 0.25) is 0 Å². The lowest BCUT2D eigenvalue weighted by Crippen LogP contribution is -2.22. The molecule has 0 fully saturated rings. The smallest absolute Gasteiger partial charge is 0.268 e. The van der Waals surface area contributed by atoms with Crippen LogP contribution in [0.15, 0.2) is 40.1 Å². The molecule has 0 aliphatic rings. The van der Waals surface area contributed by atoms with Gasteiger partial charge in [-0.05, 0) is 28.7 Å². The Bertz CT molecular complexity index is 476. The van der Waals surface area contributed by atoms with Gasteiger partial charge in [0.15, 0.2) is 0 Å². The summed E-state index contributed by atoms with van der Waals surface area (Å²) in [6.45, 7) is 0.451. The zero-order chi connectivity index (χ0) is 9.97. The van der Waals surface area contributed by atoms with E-state index >= 15 is 0 Å². The van der Waals surface area contributed by atoms with E-state index in [9.17, 15) is 4.79 Å². The number of furan rings is 1. The zero-order valence-corrected chi connectivity index (χ0v) is 9.34. The standard InChI is InChI=1S/C9H7IN2O2/c10-8-3-9(13)12(11-4-8)5-7-1-2-14-6-7/h1-4,6H,5H2. The second-order valence-corrected chi connectivity index (χ2v) is 4.05. The van der Waals surface area contributed by atoms with Crippen molar-refractivity contribution in [2.24, 2.45) is 0 Å². The monoisotopic (exact) mass is 302 g/mol. The molecule has 0 bridgehead atoms. The number of hydrogen-bond acceptors (Lipinski definition) is 3. The van der Waals surface area contributed by atoms with Crippen molar-refractivity contribution < 1.29 is 4.42 Å². The van der Waals surface area contributed by atoms with Gasteiger partial charge < -0.3 is 4.42 Å². The van der Waals surface area contributed by atoms with Crippen LogP contribution in [-0.4, -0.2) is 9.78 Å². The minimum Gasteiger partial charge on any atom is -0.472 e. The Morgan fingerprint density at radius 2 is 2.43 bits per heavy atom. The van der Waals surface area contributed by atoms with E-state index in [0.717, 1.165) is 9.13 Å². The van der Waals surface area contributed by atoms with Crippen molar-refractivity contribution in [2.45, 2.75) is 6.54 Å². The van der Waals surface area contributed by atoms with Crippen LogP contribution in [0.25, 0.3) is 0 Å². The summed E-state index contributed by atoms with van der Waals surface area (Å²) < 4.78 is 7.15. The van der Waals surface area contributed by atoms with E-state index in [-0.39, 0.29) is 5.56 Å². The quantitative estimate of drug-likeness (QED) is 0.790. The molecule has 0 amide bonds. The number of aromatic nitrogens is 2. The van der Waals surface area contributed by atoms with Crippen molar-refractivity contribution in [3.63, 3.8) is 0 Å². The average Bonchev–Trinajstić information content (AvgIpc) is 2.62. The van der Waals surface area contributed by atoms with E-state index < -0.39 is 0 Å². The van der Waals surface area contributed by atoms with Crippen molar-refractivity contribution in [3.8, 4) is 0 Å². The van der Waals surface area contributed by atoms with E-state index in [1.165, 1.54) is 4.68 Å². The molecule has 0 unspecified atom stereocenters. The molecule has 2 heterocycles. The van der Waals surface area contributed by atoms with Gasteiger partial charge in [0.25, 0.3) is 5.56 Å². The predicted molar refractivity (Wildman–Crippen MR) is 59.0 cm³/mol. The molecule has 0 radical (unpaired) electrons. The van der Waals surface area contributed by atoms with E-state index in [2.05, 4.69) is 27.7 Å². The highest BCUT2D eigenvalue weighted by molar-refractivity contribution is 14.1. The van der Waals surface area contributed by atoms with E-state index in [1.54, 1.807) is 24.8 Å². The van der Waals surface area contributed by atoms with Gasteiger partial charge in [-0.15, -0.1) is 0 Å².